The van der Waals surface area contributed by atoms with Crippen LogP contribution in [0, 0.1) is 11.6 Å². The summed E-state index contributed by atoms with van der Waals surface area (Å²) in [7, 11) is 0. The van der Waals surface area contributed by atoms with Gasteiger partial charge in [-0.3, -0.25) is 0 Å². The van der Waals surface area contributed by atoms with Gasteiger partial charge >= 0.3 is 0 Å². The topological polar surface area (TPSA) is 89.2 Å². The minimum atomic E-state index is -1.66. The fourth-order valence-corrected chi connectivity index (χ4v) is 1.51. The lowest BCUT2D eigenvalue weighted by atomic mass is 10.0. The summed E-state index contributed by atoms with van der Waals surface area (Å²) in [5, 5.41) is 22.0. The third kappa shape index (κ3) is 3.37. The van der Waals surface area contributed by atoms with E-state index in [2.05, 4.69) is 26.0 Å². The Labute approximate surface area is 103 Å². The molecule has 1 aromatic carbocycles. The quantitative estimate of drug-likeness (QED) is 0.387. The third-order valence-corrected chi connectivity index (χ3v) is 2.66. The molecule has 2 atom stereocenters. The van der Waals surface area contributed by atoms with Crippen molar-refractivity contribution in [3.8, 4) is 0 Å². The van der Waals surface area contributed by atoms with E-state index < -0.39 is 36.0 Å². The number of azide groups is 1. The average Bonchev–Trinajstić information content (AvgIpc) is 2.29. The van der Waals surface area contributed by atoms with Gasteiger partial charge < -0.3 is 10.2 Å². The molecule has 0 bridgehead atoms. The standard InChI is InChI=1S/C9H8BrF2N3O2/c10-5-2-6(11)4(1-7(5)12)9(17)8(16)3-14-15-13/h1-2,8-9,16-17H,3H2. The molecule has 0 aliphatic heterocycles. The summed E-state index contributed by atoms with van der Waals surface area (Å²) in [6.45, 7) is -0.436. The zero-order valence-corrected chi connectivity index (χ0v) is 9.97. The molecule has 0 amide bonds. The van der Waals surface area contributed by atoms with Gasteiger partial charge in [-0.05, 0) is 33.6 Å². The maximum atomic E-state index is 13.4. The zero-order valence-electron chi connectivity index (χ0n) is 8.39. The monoisotopic (exact) mass is 307 g/mol. The van der Waals surface area contributed by atoms with E-state index in [4.69, 9.17) is 5.53 Å². The molecule has 0 aliphatic carbocycles. The lowest BCUT2D eigenvalue weighted by Gasteiger charge is -2.17. The fraction of sp³-hybridized carbons (Fsp3) is 0.333. The first kappa shape index (κ1) is 13.9. The molecular weight excluding hydrogens is 300 g/mol. The van der Waals surface area contributed by atoms with Crippen molar-refractivity contribution in [3.63, 3.8) is 0 Å². The van der Waals surface area contributed by atoms with E-state index in [1.165, 1.54) is 0 Å². The second-order valence-electron chi connectivity index (χ2n) is 3.21. The van der Waals surface area contributed by atoms with Gasteiger partial charge in [0, 0.05) is 10.5 Å². The Kier molecular flexibility index (Phi) is 4.83. The maximum Gasteiger partial charge on any atom is 0.137 e. The van der Waals surface area contributed by atoms with Crippen LogP contribution >= 0.6 is 15.9 Å². The number of aliphatic hydroxyl groups excluding tert-OH is 2. The lowest BCUT2D eigenvalue weighted by Crippen LogP contribution is -2.22. The Hall–Kier alpha value is -1.21. The normalized spacial score (nSPS) is 13.9. The largest absolute Gasteiger partial charge is 0.390 e. The molecule has 17 heavy (non-hydrogen) atoms. The van der Waals surface area contributed by atoms with Crippen molar-refractivity contribution in [1.29, 1.82) is 0 Å². The molecule has 5 nitrogen and oxygen atoms in total. The van der Waals surface area contributed by atoms with Crippen LogP contribution in [-0.4, -0.2) is 22.9 Å². The molecule has 0 saturated heterocycles. The highest BCUT2D eigenvalue weighted by molar-refractivity contribution is 9.10. The highest BCUT2D eigenvalue weighted by Crippen LogP contribution is 2.26. The average molecular weight is 308 g/mol. The molecule has 0 aromatic heterocycles. The highest BCUT2D eigenvalue weighted by atomic mass is 79.9. The van der Waals surface area contributed by atoms with E-state index >= 15 is 0 Å². The minimum Gasteiger partial charge on any atom is -0.390 e. The molecular formula is C9H8BrF2N3O2. The van der Waals surface area contributed by atoms with Crippen LogP contribution in [0.3, 0.4) is 0 Å². The second-order valence-corrected chi connectivity index (χ2v) is 4.07. The van der Waals surface area contributed by atoms with E-state index in [0.29, 0.717) is 0 Å². The maximum absolute atomic E-state index is 13.4. The second kappa shape index (κ2) is 5.92. The summed E-state index contributed by atoms with van der Waals surface area (Å²) in [6, 6.07) is 1.61. The third-order valence-electron chi connectivity index (χ3n) is 2.05. The summed E-state index contributed by atoms with van der Waals surface area (Å²) in [5.74, 6) is -1.64. The van der Waals surface area contributed by atoms with Gasteiger partial charge in [0.1, 0.15) is 17.7 Å². The fourth-order valence-electron chi connectivity index (χ4n) is 1.19. The van der Waals surface area contributed by atoms with E-state index in [1.807, 2.05) is 0 Å². The molecule has 0 aliphatic rings. The molecule has 0 fully saturated rings. The van der Waals surface area contributed by atoms with Crippen LogP contribution in [0.5, 0.6) is 0 Å². The van der Waals surface area contributed by atoms with Crippen molar-refractivity contribution >= 4 is 15.9 Å². The van der Waals surface area contributed by atoms with E-state index in [0.717, 1.165) is 12.1 Å². The van der Waals surface area contributed by atoms with E-state index in [1.54, 1.807) is 0 Å². The number of halogens is 3. The van der Waals surface area contributed by atoms with Crippen LogP contribution < -0.4 is 0 Å². The molecule has 92 valence electrons. The zero-order chi connectivity index (χ0) is 13.0. The Morgan fingerprint density at radius 3 is 2.59 bits per heavy atom. The Morgan fingerprint density at radius 2 is 2.00 bits per heavy atom. The van der Waals surface area contributed by atoms with Crippen molar-refractivity contribution in [1.82, 2.24) is 0 Å². The first-order valence-electron chi connectivity index (χ1n) is 4.48. The van der Waals surface area contributed by atoms with Crippen molar-refractivity contribution in [3.05, 3.63) is 44.2 Å². The van der Waals surface area contributed by atoms with Gasteiger partial charge in [-0.25, -0.2) is 8.78 Å². The smallest absolute Gasteiger partial charge is 0.137 e. The van der Waals surface area contributed by atoms with Gasteiger partial charge in [-0.15, -0.1) is 0 Å². The number of benzene rings is 1. The molecule has 2 N–H and O–H groups in total. The van der Waals surface area contributed by atoms with Crippen LogP contribution in [0.2, 0.25) is 0 Å². The van der Waals surface area contributed by atoms with Gasteiger partial charge in [0.25, 0.3) is 0 Å². The Bertz CT molecular complexity index is 466. The van der Waals surface area contributed by atoms with Gasteiger partial charge in [-0.1, -0.05) is 5.11 Å². The minimum absolute atomic E-state index is 0.0875. The van der Waals surface area contributed by atoms with E-state index in [9.17, 15) is 19.0 Å². The van der Waals surface area contributed by atoms with Crippen LogP contribution in [-0.2, 0) is 0 Å². The van der Waals surface area contributed by atoms with E-state index in [-0.39, 0.29) is 4.47 Å². The molecule has 1 rings (SSSR count). The summed E-state index contributed by atoms with van der Waals surface area (Å²) < 4.78 is 26.5. The van der Waals surface area contributed by atoms with Crippen molar-refractivity contribution in [2.75, 3.05) is 6.54 Å². The Morgan fingerprint density at radius 1 is 1.35 bits per heavy atom. The van der Waals surface area contributed by atoms with Crippen LogP contribution in [0.4, 0.5) is 8.78 Å². The molecule has 8 heteroatoms. The number of hydrogen-bond donors (Lipinski definition) is 2. The van der Waals surface area contributed by atoms with Gasteiger partial charge in [0.15, 0.2) is 0 Å². The van der Waals surface area contributed by atoms with Crippen molar-refractivity contribution in [2.45, 2.75) is 12.2 Å². The van der Waals surface area contributed by atoms with Gasteiger partial charge in [0.05, 0.1) is 17.1 Å². The SMILES string of the molecule is [N-]=[N+]=NCC(O)C(O)c1cc(F)c(Br)cc1F. The summed E-state index contributed by atoms with van der Waals surface area (Å²) in [5.41, 5.74) is 7.63. The molecule has 0 saturated carbocycles. The summed E-state index contributed by atoms with van der Waals surface area (Å²) in [4.78, 5) is 2.38. The van der Waals surface area contributed by atoms with Crippen LogP contribution in [0.1, 0.15) is 11.7 Å². The predicted molar refractivity (Wildman–Crippen MR) is 59.0 cm³/mol. The number of nitrogens with zero attached hydrogens (tertiary/aromatic N) is 3. The highest BCUT2D eigenvalue weighted by Gasteiger charge is 2.22. The van der Waals surface area contributed by atoms with Crippen molar-refractivity contribution in [2.24, 2.45) is 5.11 Å². The van der Waals surface area contributed by atoms with Crippen LogP contribution in [0.25, 0.3) is 10.4 Å². The van der Waals surface area contributed by atoms with Crippen molar-refractivity contribution < 1.29 is 19.0 Å². The van der Waals surface area contributed by atoms with Crippen LogP contribution in [0.15, 0.2) is 21.7 Å². The Balaban J connectivity index is 2.99. The molecule has 1 aromatic rings. The molecule has 0 radical (unpaired) electrons. The number of rotatable bonds is 4. The molecule has 2 unspecified atom stereocenters. The van der Waals surface area contributed by atoms with Gasteiger partial charge in [-0.2, -0.15) is 0 Å². The summed E-state index contributed by atoms with van der Waals surface area (Å²) in [6.07, 6.45) is -3.16. The van der Waals surface area contributed by atoms with Gasteiger partial charge in [0.2, 0.25) is 0 Å². The first-order valence-corrected chi connectivity index (χ1v) is 5.28. The lowest BCUT2D eigenvalue weighted by molar-refractivity contribution is 0.0220. The number of hydrogen-bond acceptors (Lipinski definition) is 3. The number of aliphatic hydroxyl groups is 2. The first-order chi connectivity index (χ1) is 7.97. The summed E-state index contributed by atoms with van der Waals surface area (Å²) >= 11 is 2.78. The molecule has 0 heterocycles. The molecule has 0 spiro atoms. The predicted octanol–water partition coefficient (Wildman–Crippen LogP) is 2.43.